The predicted molar refractivity (Wildman–Crippen MR) is 141 cm³/mol. The van der Waals surface area contributed by atoms with Crippen molar-refractivity contribution < 1.29 is 23.6 Å². The van der Waals surface area contributed by atoms with E-state index in [-0.39, 0.29) is 29.3 Å². The van der Waals surface area contributed by atoms with Gasteiger partial charge in [-0.15, -0.1) is 0 Å². The summed E-state index contributed by atoms with van der Waals surface area (Å²) in [7, 11) is 1.51. The number of ether oxygens (including phenoxy) is 2. The smallest absolute Gasteiger partial charge is 0.256 e. The van der Waals surface area contributed by atoms with Crippen LogP contribution in [0.4, 0.5) is 10.1 Å². The topological polar surface area (TPSA) is 93.9 Å². The Morgan fingerprint density at radius 2 is 1.97 bits per heavy atom. The van der Waals surface area contributed by atoms with E-state index < -0.39 is 17.5 Å². The van der Waals surface area contributed by atoms with Gasteiger partial charge in [0.15, 0.2) is 17.0 Å². The number of halogens is 2. The molecule has 0 unspecified atom stereocenters. The number of benzene rings is 3. The maximum atomic E-state index is 13.6. The number of rotatable bonds is 6. The molecule has 0 bridgehead atoms. The second kappa shape index (κ2) is 9.36. The molecule has 3 heterocycles. The number of nitro groups is 1. The van der Waals surface area contributed by atoms with E-state index in [0.29, 0.717) is 39.3 Å². The molecule has 8 nitrogen and oxygen atoms in total. The van der Waals surface area contributed by atoms with Crippen molar-refractivity contribution in [1.82, 2.24) is 4.90 Å². The lowest BCUT2D eigenvalue weighted by atomic mass is 9.77. The summed E-state index contributed by atoms with van der Waals surface area (Å²) in [6, 6.07) is 15.5. The van der Waals surface area contributed by atoms with Crippen molar-refractivity contribution in [3.05, 3.63) is 97.8 Å². The van der Waals surface area contributed by atoms with Gasteiger partial charge in [0, 0.05) is 28.8 Å². The number of para-hydroxylation sites is 1. The number of carbonyl (C=O) groups excluding carboxylic acids is 1. The first kappa shape index (κ1) is 24.8. The molecule has 3 aromatic carbocycles. The first-order valence-corrected chi connectivity index (χ1v) is 13.2. The molecular formula is C28H25BrFN3O5. The van der Waals surface area contributed by atoms with Crippen molar-refractivity contribution >= 4 is 27.5 Å². The molecule has 0 aliphatic carbocycles. The molecule has 2 fully saturated rings. The lowest BCUT2D eigenvalue weighted by molar-refractivity contribution is -0.534. The summed E-state index contributed by atoms with van der Waals surface area (Å²) in [6.45, 7) is 0.788. The van der Waals surface area contributed by atoms with Crippen molar-refractivity contribution in [1.29, 1.82) is 0 Å². The van der Waals surface area contributed by atoms with Gasteiger partial charge in [-0.05, 0) is 70.2 Å². The molecule has 0 aromatic heterocycles. The molecule has 38 heavy (non-hydrogen) atoms. The molecule has 0 saturated carbocycles. The fourth-order valence-electron chi connectivity index (χ4n) is 6.58. The lowest BCUT2D eigenvalue weighted by Crippen LogP contribution is -2.55. The molecule has 1 amide bonds. The summed E-state index contributed by atoms with van der Waals surface area (Å²) < 4.78 is 25.5. The zero-order valence-electron chi connectivity index (χ0n) is 20.5. The third-order valence-electron chi connectivity index (χ3n) is 8.03. The van der Waals surface area contributed by atoms with Gasteiger partial charge in [0.05, 0.1) is 17.5 Å². The Morgan fingerprint density at radius 1 is 1.21 bits per heavy atom. The highest BCUT2D eigenvalue weighted by Gasteiger charge is 2.73. The maximum Gasteiger partial charge on any atom is 0.256 e. The minimum Gasteiger partial charge on any atom is -0.493 e. The number of amides is 1. The first-order chi connectivity index (χ1) is 18.4. The number of nitrogens with zero attached hydrogens (tertiary/aromatic N) is 2. The zero-order chi connectivity index (χ0) is 26.6. The SMILES string of the molecule is COc1cc([C@@H]2[C@@H]3CCCN3[C@@]3(C(=O)Nc4ccccc43)[C@@H]2[N+](=O)[O-])cc(Br)c1OCc1ccc(F)cc1. The highest BCUT2D eigenvalue weighted by Crippen LogP contribution is 2.58. The molecule has 3 aromatic rings. The molecule has 2 saturated heterocycles. The average Bonchev–Trinajstić information content (AvgIpc) is 3.57. The summed E-state index contributed by atoms with van der Waals surface area (Å²) in [4.78, 5) is 28.2. The van der Waals surface area contributed by atoms with E-state index >= 15 is 0 Å². The minimum atomic E-state index is -1.39. The van der Waals surface area contributed by atoms with Crippen LogP contribution in [-0.4, -0.2) is 41.5 Å². The van der Waals surface area contributed by atoms with E-state index in [1.807, 2.05) is 29.2 Å². The number of methoxy groups -OCH3 is 1. The van der Waals surface area contributed by atoms with E-state index in [1.165, 1.54) is 19.2 Å². The van der Waals surface area contributed by atoms with Gasteiger partial charge in [-0.2, -0.15) is 0 Å². The highest BCUT2D eigenvalue weighted by molar-refractivity contribution is 9.10. The summed E-state index contributed by atoms with van der Waals surface area (Å²) in [6.07, 6.45) is 1.59. The minimum absolute atomic E-state index is 0.187. The Labute approximate surface area is 227 Å². The summed E-state index contributed by atoms with van der Waals surface area (Å²) in [5.74, 6) is -0.370. The van der Waals surface area contributed by atoms with Gasteiger partial charge >= 0.3 is 0 Å². The predicted octanol–water partition coefficient (Wildman–Crippen LogP) is 5.23. The number of fused-ring (bicyclic) bond motifs is 4. The fourth-order valence-corrected chi connectivity index (χ4v) is 7.16. The molecule has 4 atom stereocenters. The monoisotopic (exact) mass is 581 g/mol. The van der Waals surface area contributed by atoms with Gasteiger partial charge in [-0.3, -0.25) is 19.8 Å². The maximum absolute atomic E-state index is 13.6. The standard InChI is InChI=1S/C28H25BrFN3O5/c1-37-23-14-17(13-20(29)25(23)38-15-16-8-10-18(30)11-9-16)24-22-7-4-12-32(22)28(26(24)33(35)36)19-5-2-3-6-21(19)31-27(28)34/h2-3,5-6,8-11,13-14,22,24,26H,4,7,12,15H2,1H3,(H,31,34)/t22-,24+,26+,28+/m0/s1. The molecule has 196 valence electrons. The van der Waals surface area contributed by atoms with Crippen LogP contribution in [0.1, 0.15) is 35.4 Å². The van der Waals surface area contributed by atoms with Gasteiger partial charge in [-0.25, -0.2) is 4.39 Å². The highest BCUT2D eigenvalue weighted by atomic mass is 79.9. The van der Waals surface area contributed by atoms with Crippen molar-refractivity contribution in [3.63, 3.8) is 0 Å². The van der Waals surface area contributed by atoms with Crippen LogP contribution >= 0.6 is 15.9 Å². The first-order valence-electron chi connectivity index (χ1n) is 12.4. The molecule has 3 aliphatic rings. The summed E-state index contributed by atoms with van der Waals surface area (Å²) in [5, 5.41) is 15.7. The Kier molecular flexibility index (Phi) is 6.11. The Balaban J connectivity index is 1.42. The molecule has 0 radical (unpaired) electrons. The Morgan fingerprint density at radius 3 is 2.71 bits per heavy atom. The number of hydrogen-bond acceptors (Lipinski definition) is 6. The second-order valence-electron chi connectivity index (χ2n) is 9.87. The Bertz CT molecular complexity index is 1430. The van der Waals surface area contributed by atoms with E-state index in [0.717, 1.165) is 18.4 Å². The van der Waals surface area contributed by atoms with Gasteiger partial charge in [0.1, 0.15) is 12.4 Å². The summed E-state index contributed by atoms with van der Waals surface area (Å²) in [5.41, 5.74) is 1.38. The van der Waals surface area contributed by atoms with Crippen LogP contribution in [0.15, 0.2) is 65.1 Å². The number of anilines is 1. The quantitative estimate of drug-likeness (QED) is 0.316. The number of hydrogen-bond donors (Lipinski definition) is 1. The second-order valence-corrected chi connectivity index (χ2v) is 10.7. The van der Waals surface area contributed by atoms with E-state index in [2.05, 4.69) is 21.2 Å². The van der Waals surface area contributed by atoms with Crippen LogP contribution in [0.3, 0.4) is 0 Å². The third-order valence-corrected chi connectivity index (χ3v) is 8.62. The molecule has 1 spiro atoms. The molecule has 3 aliphatic heterocycles. The summed E-state index contributed by atoms with van der Waals surface area (Å²) >= 11 is 3.59. The van der Waals surface area contributed by atoms with Crippen molar-refractivity contribution in [2.75, 3.05) is 19.0 Å². The van der Waals surface area contributed by atoms with Gasteiger partial charge < -0.3 is 14.8 Å². The van der Waals surface area contributed by atoms with Crippen LogP contribution in [-0.2, 0) is 16.9 Å². The van der Waals surface area contributed by atoms with Gasteiger partial charge in [-0.1, -0.05) is 30.3 Å². The number of nitrogens with one attached hydrogen (secondary N) is 1. The van der Waals surface area contributed by atoms with Crippen LogP contribution in [0.25, 0.3) is 0 Å². The van der Waals surface area contributed by atoms with Crippen molar-refractivity contribution in [2.24, 2.45) is 0 Å². The fraction of sp³-hybridized carbons (Fsp3) is 0.321. The van der Waals surface area contributed by atoms with Crippen molar-refractivity contribution in [2.45, 2.75) is 43.0 Å². The lowest BCUT2D eigenvalue weighted by Gasteiger charge is -2.32. The van der Waals surface area contributed by atoms with Gasteiger partial charge in [0.2, 0.25) is 0 Å². The van der Waals surface area contributed by atoms with Gasteiger partial charge in [0.25, 0.3) is 11.9 Å². The Hall–Kier alpha value is -3.50. The normalized spacial score (nSPS) is 25.8. The molecule has 1 N–H and O–H groups in total. The van der Waals surface area contributed by atoms with Crippen LogP contribution in [0.5, 0.6) is 11.5 Å². The average molecular weight is 582 g/mol. The van der Waals surface area contributed by atoms with Crippen LogP contribution in [0, 0.1) is 15.9 Å². The largest absolute Gasteiger partial charge is 0.493 e. The van der Waals surface area contributed by atoms with E-state index in [9.17, 15) is 19.3 Å². The van der Waals surface area contributed by atoms with E-state index in [4.69, 9.17) is 9.47 Å². The molecular weight excluding hydrogens is 557 g/mol. The zero-order valence-corrected chi connectivity index (χ0v) is 22.1. The van der Waals surface area contributed by atoms with Crippen LogP contribution < -0.4 is 14.8 Å². The molecule has 6 rings (SSSR count). The van der Waals surface area contributed by atoms with Crippen LogP contribution in [0.2, 0.25) is 0 Å². The molecule has 10 heteroatoms. The third kappa shape index (κ3) is 3.61. The van der Waals surface area contributed by atoms with E-state index in [1.54, 1.807) is 24.3 Å². The van der Waals surface area contributed by atoms with Crippen molar-refractivity contribution in [3.8, 4) is 11.5 Å². The number of carbonyl (C=O) groups is 1.